The molecule has 22 heavy (non-hydrogen) atoms. The second kappa shape index (κ2) is 5.80. The van der Waals surface area contributed by atoms with Crippen molar-refractivity contribution in [2.45, 2.75) is 43.8 Å². The van der Waals surface area contributed by atoms with E-state index in [1.807, 2.05) is 22.2 Å². The normalized spacial score (nSPS) is 22.0. The van der Waals surface area contributed by atoms with E-state index in [1.165, 1.54) is 49.3 Å². The van der Waals surface area contributed by atoms with Crippen molar-refractivity contribution in [2.75, 3.05) is 13.1 Å². The fraction of sp³-hybridized carbons (Fsp3) is 0.588. The van der Waals surface area contributed by atoms with Gasteiger partial charge in [-0.1, -0.05) is 6.07 Å². The number of rotatable bonds is 5. The van der Waals surface area contributed by atoms with Gasteiger partial charge in [-0.2, -0.15) is 5.10 Å². The monoisotopic (exact) mass is 316 g/mol. The van der Waals surface area contributed by atoms with Crippen LogP contribution in [0.15, 0.2) is 29.8 Å². The molecular weight excluding hydrogens is 292 g/mol. The summed E-state index contributed by atoms with van der Waals surface area (Å²) in [5.41, 5.74) is 1.57. The minimum Gasteiger partial charge on any atom is -0.303 e. The molecule has 1 aliphatic heterocycles. The van der Waals surface area contributed by atoms with Crippen LogP contribution in [0.3, 0.4) is 0 Å². The summed E-state index contributed by atoms with van der Waals surface area (Å²) in [4.78, 5) is 4.08. The van der Waals surface area contributed by atoms with Crippen LogP contribution in [0.1, 0.15) is 36.3 Å². The Labute approximate surface area is 136 Å². The Morgan fingerprint density at radius 1 is 1.32 bits per heavy atom. The first-order valence-electron chi connectivity index (χ1n) is 8.26. The fourth-order valence-corrected chi connectivity index (χ4v) is 4.44. The quantitative estimate of drug-likeness (QED) is 0.921. The van der Waals surface area contributed by atoms with Gasteiger partial charge in [-0.25, -0.2) is 0 Å². The van der Waals surface area contributed by atoms with Gasteiger partial charge in [0.1, 0.15) is 0 Å². The van der Waals surface area contributed by atoms with Crippen LogP contribution in [0.2, 0.25) is 0 Å². The number of aromatic nitrogens is 2. The molecule has 2 aromatic heterocycles. The van der Waals surface area contributed by atoms with Crippen molar-refractivity contribution in [3.63, 3.8) is 0 Å². The number of nitrogens with zero attached hydrogens (tertiary/aromatic N) is 3. The first-order chi connectivity index (χ1) is 10.8. The summed E-state index contributed by atoms with van der Waals surface area (Å²) < 4.78 is 2.03. The van der Waals surface area contributed by atoms with E-state index in [0.717, 1.165) is 6.54 Å². The Bertz CT molecular complexity index is 606. The molecule has 2 fully saturated rings. The Balaban J connectivity index is 1.32. The van der Waals surface area contributed by atoms with Crippen LogP contribution in [0.25, 0.3) is 0 Å². The summed E-state index contributed by atoms with van der Waals surface area (Å²) in [7, 11) is 2.06. The highest BCUT2D eigenvalue weighted by Gasteiger charge is 2.47. The summed E-state index contributed by atoms with van der Waals surface area (Å²) >= 11 is 1.87. The molecule has 5 heteroatoms. The molecule has 4 rings (SSSR count). The number of likely N-dealkylation sites (tertiary alicyclic amines) is 1. The molecule has 0 amide bonds. The number of hydrogen-bond donors (Lipinski definition) is 1. The van der Waals surface area contributed by atoms with Crippen LogP contribution in [-0.2, 0) is 19.1 Å². The average molecular weight is 316 g/mol. The maximum Gasteiger partial charge on any atom is 0.0609 e. The summed E-state index contributed by atoms with van der Waals surface area (Å²) in [6, 6.07) is 7.22. The van der Waals surface area contributed by atoms with E-state index in [-0.39, 0.29) is 5.54 Å². The van der Waals surface area contributed by atoms with Crippen LogP contribution in [0, 0.1) is 0 Å². The lowest BCUT2D eigenvalue weighted by atomic mass is 10.0. The molecule has 0 radical (unpaired) electrons. The summed E-state index contributed by atoms with van der Waals surface area (Å²) in [5.74, 6) is 0. The van der Waals surface area contributed by atoms with E-state index in [9.17, 15) is 0 Å². The van der Waals surface area contributed by atoms with Gasteiger partial charge in [0.15, 0.2) is 0 Å². The van der Waals surface area contributed by atoms with Crippen LogP contribution in [-0.4, -0.2) is 33.8 Å². The maximum atomic E-state index is 4.34. The highest BCUT2D eigenvalue weighted by atomic mass is 32.1. The molecule has 1 N–H and O–H groups in total. The maximum absolute atomic E-state index is 4.34. The average Bonchev–Trinajstić information content (AvgIpc) is 2.92. The van der Waals surface area contributed by atoms with Crippen molar-refractivity contribution in [1.82, 2.24) is 20.0 Å². The zero-order valence-electron chi connectivity index (χ0n) is 13.2. The molecule has 2 aliphatic rings. The molecular formula is C17H24N4S. The SMILES string of the molecule is Cn1nccc1C1(NC2CCN(Cc3cccs3)CC2)CC1. The minimum atomic E-state index is 0.214. The topological polar surface area (TPSA) is 33.1 Å². The van der Waals surface area contributed by atoms with Gasteiger partial charge < -0.3 is 5.32 Å². The lowest BCUT2D eigenvalue weighted by Gasteiger charge is -2.34. The smallest absolute Gasteiger partial charge is 0.0609 e. The molecule has 118 valence electrons. The number of thiophene rings is 1. The van der Waals surface area contributed by atoms with E-state index in [0.29, 0.717) is 6.04 Å². The van der Waals surface area contributed by atoms with Gasteiger partial charge in [0.2, 0.25) is 0 Å². The third-order valence-corrected chi connectivity index (χ3v) is 5.95. The van der Waals surface area contributed by atoms with E-state index in [4.69, 9.17) is 0 Å². The van der Waals surface area contributed by atoms with Crippen LogP contribution < -0.4 is 5.32 Å². The van der Waals surface area contributed by atoms with Crippen molar-refractivity contribution in [3.8, 4) is 0 Å². The highest BCUT2D eigenvalue weighted by molar-refractivity contribution is 7.09. The molecule has 1 saturated carbocycles. The Kier molecular flexibility index (Phi) is 3.80. The van der Waals surface area contributed by atoms with Gasteiger partial charge in [-0.15, -0.1) is 11.3 Å². The Hall–Kier alpha value is -1.17. The first-order valence-corrected chi connectivity index (χ1v) is 9.14. The highest BCUT2D eigenvalue weighted by Crippen LogP contribution is 2.46. The van der Waals surface area contributed by atoms with Crippen LogP contribution in [0.4, 0.5) is 0 Å². The molecule has 1 aliphatic carbocycles. The zero-order valence-corrected chi connectivity index (χ0v) is 14.0. The van der Waals surface area contributed by atoms with E-state index >= 15 is 0 Å². The van der Waals surface area contributed by atoms with Gasteiger partial charge in [0.25, 0.3) is 0 Å². The number of hydrogen-bond acceptors (Lipinski definition) is 4. The standard InChI is InChI=1S/C17H24N4S/c1-20-16(4-9-18-20)17(7-8-17)19-14-5-10-21(11-6-14)13-15-3-2-12-22-15/h2-4,9,12,14,19H,5-8,10-11,13H2,1H3. The van der Waals surface area contributed by atoms with Crippen LogP contribution in [0.5, 0.6) is 0 Å². The Morgan fingerprint density at radius 2 is 2.14 bits per heavy atom. The third kappa shape index (κ3) is 2.85. The summed E-state index contributed by atoms with van der Waals surface area (Å²) in [6.07, 6.45) is 6.93. The Morgan fingerprint density at radius 3 is 2.73 bits per heavy atom. The van der Waals surface area contributed by atoms with E-state index < -0.39 is 0 Å². The van der Waals surface area contributed by atoms with Gasteiger partial charge in [-0.05, 0) is 56.3 Å². The van der Waals surface area contributed by atoms with Crippen molar-refractivity contribution in [2.24, 2.45) is 7.05 Å². The van der Waals surface area contributed by atoms with Gasteiger partial charge >= 0.3 is 0 Å². The van der Waals surface area contributed by atoms with Gasteiger partial charge in [0, 0.05) is 30.7 Å². The zero-order chi connectivity index (χ0) is 15.0. The number of aryl methyl sites for hydroxylation is 1. The fourth-order valence-electron chi connectivity index (χ4n) is 3.69. The molecule has 4 nitrogen and oxygen atoms in total. The predicted molar refractivity (Wildman–Crippen MR) is 89.9 cm³/mol. The van der Waals surface area contributed by atoms with Gasteiger partial charge in [-0.3, -0.25) is 9.58 Å². The minimum absolute atomic E-state index is 0.214. The molecule has 0 spiro atoms. The molecule has 0 unspecified atom stereocenters. The number of piperidine rings is 1. The van der Waals surface area contributed by atoms with Crippen molar-refractivity contribution >= 4 is 11.3 Å². The lowest BCUT2D eigenvalue weighted by Crippen LogP contribution is -2.46. The predicted octanol–water partition coefficient (Wildman–Crippen LogP) is 2.72. The molecule has 0 atom stereocenters. The van der Waals surface area contributed by atoms with Crippen LogP contribution >= 0.6 is 11.3 Å². The van der Waals surface area contributed by atoms with Gasteiger partial charge in [0.05, 0.1) is 11.2 Å². The molecule has 3 heterocycles. The van der Waals surface area contributed by atoms with Crippen molar-refractivity contribution < 1.29 is 0 Å². The lowest BCUT2D eigenvalue weighted by molar-refractivity contribution is 0.181. The van der Waals surface area contributed by atoms with Crippen molar-refractivity contribution in [3.05, 3.63) is 40.3 Å². The molecule has 0 aromatic carbocycles. The summed E-state index contributed by atoms with van der Waals surface area (Å²) in [5, 5.41) is 10.5. The second-order valence-electron chi connectivity index (χ2n) is 6.70. The number of nitrogens with one attached hydrogen (secondary N) is 1. The van der Waals surface area contributed by atoms with E-state index in [1.54, 1.807) is 0 Å². The van der Waals surface area contributed by atoms with E-state index in [2.05, 4.69) is 45.9 Å². The molecule has 1 saturated heterocycles. The third-order valence-electron chi connectivity index (χ3n) is 5.09. The molecule has 2 aromatic rings. The molecule has 0 bridgehead atoms. The van der Waals surface area contributed by atoms with Crippen molar-refractivity contribution in [1.29, 1.82) is 0 Å². The summed E-state index contributed by atoms with van der Waals surface area (Å²) in [6.45, 7) is 3.53. The largest absolute Gasteiger partial charge is 0.303 e. The first kappa shape index (κ1) is 14.4. The second-order valence-corrected chi connectivity index (χ2v) is 7.73.